The van der Waals surface area contributed by atoms with Crippen LogP contribution in [0.25, 0.3) is 0 Å². The first-order valence-corrected chi connectivity index (χ1v) is 10.3. The Labute approximate surface area is 157 Å². The molecule has 2 N–H and O–H groups in total. The summed E-state index contributed by atoms with van der Waals surface area (Å²) in [6, 6.07) is 0. The second kappa shape index (κ2) is 7.58. The topological polar surface area (TPSA) is 78.7 Å². The van der Waals surface area contributed by atoms with E-state index >= 15 is 0 Å². The van der Waals surface area contributed by atoms with Gasteiger partial charge in [-0.25, -0.2) is 9.78 Å². The summed E-state index contributed by atoms with van der Waals surface area (Å²) in [6.07, 6.45) is 12.7. The number of rotatable bonds is 3. The number of imidazole rings is 1. The van der Waals surface area contributed by atoms with Crippen molar-refractivity contribution in [2.45, 2.75) is 56.4 Å². The summed E-state index contributed by atoms with van der Waals surface area (Å²) < 4.78 is 3.80. The van der Waals surface area contributed by atoms with Gasteiger partial charge in [0.25, 0.3) is 0 Å². The molecule has 1 saturated heterocycles. The van der Waals surface area contributed by atoms with Crippen LogP contribution in [0.5, 0.6) is 0 Å². The van der Waals surface area contributed by atoms with Crippen LogP contribution in [-0.2, 0) is 6.54 Å². The van der Waals surface area contributed by atoms with Gasteiger partial charge in [0, 0.05) is 24.5 Å². The Morgan fingerprint density at radius 3 is 2.88 bits per heavy atom. The minimum atomic E-state index is -0.287. The van der Waals surface area contributed by atoms with Crippen LogP contribution in [0, 0.1) is 11.8 Å². The van der Waals surface area contributed by atoms with Crippen LogP contribution in [0.4, 0.5) is 5.82 Å². The van der Waals surface area contributed by atoms with Crippen LogP contribution in [0.3, 0.4) is 0 Å². The molecule has 2 aromatic heterocycles. The highest BCUT2D eigenvalue weighted by atomic mass is 32.2. The van der Waals surface area contributed by atoms with Crippen LogP contribution in [0.2, 0.25) is 0 Å². The Kier molecular flexibility index (Phi) is 5.02. The van der Waals surface area contributed by atoms with E-state index in [1.165, 1.54) is 25.7 Å². The van der Waals surface area contributed by atoms with Crippen LogP contribution < -0.4 is 11.4 Å². The summed E-state index contributed by atoms with van der Waals surface area (Å²) in [7, 11) is 0. The van der Waals surface area contributed by atoms with Crippen LogP contribution >= 0.6 is 11.8 Å². The molecule has 1 saturated carbocycles. The van der Waals surface area contributed by atoms with E-state index < -0.39 is 0 Å². The average molecular weight is 369 g/mol. The molecule has 4 rings (SSSR count). The summed E-state index contributed by atoms with van der Waals surface area (Å²) in [5.74, 6) is 9.26. The first-order valence-electron chi connectivity index (χ1n) is 9.22. The van der Waals surface area contributed by atoms with Crippen molar-refractivity contribution in [3.05, 3.63) is 40.5 Å². The zero-order valence-electron chi connectivity index (χ0n) is 14.7. The third-order valence-corrected chi connectivity index (χ3v) is 6.51. The number of hydrogen-bond acceptors (Lipinski definition) is 5. The Hall–Kier alpha value is -2.20. The molecule has 0 bridgehead atoms. The number of nitrogen functional groups attached to an aromatic ring is 1. The SMILES string of the molecule is Nc1nc(=O)n([C@@H]2CCCS2)cc1C#CCn1ccnc1C1CCCC1. The predicted molar refractivity (Wildman–Crippen MR) is 104 cm³/mol. The van der Waals surface area contributed by atoms with Gasteiger partial charge in [-0.3, -0.25) is 4.57 Å². The third-order valence-electron chi connectivity index (χ3n) is 5.14. The molecule has 0 radical (unpaired) electrons. The maximum Gasteiger partial charge on any atom is 0.350 e. The summed E-state index contributed by atoms with van der Waals surface area (Å²) >= 11 is 1.78. The summed E-state index contributed by atoms with van der Waals surface area (Å²) in [6.45, 7) is 0.572. The zero-order chi connectivity index (χ0) is 17.9. The lowest BCUT2D eigenvalue weighted by molar-refractivity contribution is 0.608. The first kappa shape index (κ1) is 17.2. The molecule has 1 aliphatic carbocycles. The van der Waals surface area contributed by atoms with Gasteiger partial charge in [-0.15, -0.1) is 11.8 Å². The molecule has 3 heterocycles. The quantitative estimate of drug-likeness (QED) is 0.842. The second-order valence-corrected chi connectivity index (χ2v) is 8.18. The molecule has 0 amide bonds. The number of nitrogens with two attached hydrogens (primary N) is 1. The molecule has 0 unspecified atom stereocenters. The largest absolute Gasteiger partial charge is 0.382 e. The molecule has 2 fully saturated rings. The zero-order valence-corrected chi connectivity index (χ0v) is 15.5. The van der Waals surface area contributed by atoms with Crippen molar-refractivity contribution in [1.29, 1.82) is 0 Å². The lowest BCUT2D eigenvalue weighted by atomic mass is 10.1. The monoisotopic (exact) mass is 369 g/mol. The van der Waals surface area contributed by atoms with Crippen LogP contribution in [0.15, 0.2) is 23.4 Å². The number of thioether (sulfide) groups is 1. The first-order chi connectivity index (χ1) is 12.7. The van der Waals surface area contributed by atoms with Gasteiger partial charge >= 0.3 is 5.69 Å². The molecule has 6 nitrogen and oxygen atoms in total. The number of aromatic nitrogens is 4. The van der Waals surface area contributed by atoms with E-state index in [0.717, 1.165) is 24.4 Å². The summed E-state index contributed by atoms with van der Waals surface area (Å²) in [5, 5.41) is 0.152. The highest BCUT2D eigenvalue weighted by molar-refractivity contribution is 7.99. The standard InChI is InChI=1S/C19H23N5OS/c20-17-15(13-24(19(25)22-17)16-8-4-12-26-16)7-3-10-23-11-9-21-18(23)14-5-1-2-6-14/h9,11,13-14,16H,1-2,4-6,8,10,12H2,(H2,20,22,25)/t16-/m0/s1. The Morgan fingerprint density at radius 1 is 1.27 bits per heavy atom. The van der Waals surface area contributed by atoms with Gasteiger partial charge in [-0.2, -0.15) is 4.98 Å². The highest BCUT2D eigenvalue weighted by Gasteiger charge is 2.21. The molecule has 1 atom stereocenters. The van der Waals surface area contributed by atoms with Gasteiger partial charge in [0.05, 0.1) is 17.5 Å². The lowest BCUT2D eigenvalue weighted by Gasteiger charge is -2.12. The molecule has 0 aromatic carbocycles. The minimum Gasteiger partial charge on any atom is -0.382 e. The second-order valence-electron chi connectivity index (χ2n) is 6.89. The smallest absolute Gasteiger partial charge is 0.350 e. The molecule has 2 aliphatic rings. The minimum absolute atomic E-state index is 0.152. The van der Waals surface area contributed by atoms with Gasteiger partial charge < -0.3 is 10.3 Å². The molecule has 26 heavy (non-hydrogen) atoms. The fraction of sp³-hybridized carbons (Fsp3) is 0.526. The Bertz CT molecular complexity index is 895. The normalized spacial score (nSPS) is 20.2. The predicted octanol–water partition coefficient (Wildman–Crippen LogP) is 2.76. The maximum atomic E-state index is 12.1. The van der Waals surface area contributed by atoms with Gasteiger partial charge in [0.15, 0.2) is 0 Å². The number of anilines is 1. The molecular formula is C19H23N5OS. The Morgan fingerprint density at radius 2 is 2.12 bits per heavy atom. The molecule has 136 valence electrons. The van der Waals surface area contributed by atoms with E-state index in [2.05, 4.69) is 26.4 Å². The molecule has 1 aliphatic heterocycles. The van der Waals surface area contributed by atoms with E-state index in [4.69, 9.17) is 5.73 Å². The van der Waals surface area contributed by atoms with Crippen molar-refractivity contribution in [2.24, 2.45) is 0 Å². The maximum absolute atomic E-state index is 12.1. The summed E-state index contributed by atoms with van der Waals surface area (Å²) in [5.41, 5.74) is 6.26. The third kappa shape index (κ3) is 3.51. The highest BCUT2D eigenvalue weighted by Crippen LogP contribution is 2.34. The van der Waals surface area contributed by atoms with E-state index in [0.29, 0.717) is 18.0 Å². The summed E-state index contributed by atoms with van der Waals surface area (Å²) in [4.78, 5) is 20.6. The fourth-order valence-electron chi connectivity index (χ4n) is 3.78. The lowest BCUT2D eigenvalue weighted by Crippen LogP contribution is -2.26. The van der Waals surface area contributed by atoms with Gasteiger partial charge in [-0.05, 0) is 31.4 Å². The van der Waals surface area contributed by atoms with Crippen molar-refractivity contribution in [3.8, 4) is 11.8 Å². The van der Waals surface area contributed by atoms with Crippen molar-refractivity contribution >= 4 is 17.6 Å². The fourth-order valence-corrected chi connectivity index (χ4v) is 5.03. The molecule has 0 spiro atoms. The van der Waals surface area contributed by atoms with Crippen molar-refractivity contribution < 1.29 is 0 Å². The van der Waals surface area contributed by atoms with Gasteiger partial charge in [-0.1, -0.05) is 24.7 Å². The van der Waals surface area contributed by atoms with Gasteiger partial charge in [0.2, 0.25) is 0 Å². The van der Waals surface area contributed by atoms with E-state index in [1.54, 1.807) is 22.5 Å². The average Bonchev–Trinajstić information content (AvgIpc) is 3.39. The van der Waals surface area contributed by atoms with Crippen LogP contribution in [0.1, 0.15) is 61.2 Å². The van der Waals surface area contributed by atoms with Gasteiger partial charge in [0.1, 0.15) is 11.6 Å². The number of hydrogen-bond donors (Lipinski definition) is 1. The van der Waals surface area contributed by atoms with E-state index in [1.807, 2.05) is 12.4 Å². The number of nitrogens with zero attached hydrogens (tertiary/aromatic N) is 4. The van der Waals surface area contributed by atoms with E-state index in [-0.39, 0.29) is 16.9 Å². The Balaban J connectivity index is 1.54. The van der Waals surface area contributed by atoms with Crippen molar-refractivity contribution in [2.75, 3.05) is 11.5 Å². The molecular weight excluding hydrogens is 346 g/mol. The molecule has 2 aromatic rings. The van der Waals surface area contributed by atoms with Crippen molar-refractivity contribution in [1.82, 2.24) is 19.1 Å². The van der Waals surface area contributed by atoms with Crippen molar-refractivity contribution in [3.63, 3.8) is 0 Å². The van der Waals surface area contributed by atoms with E-state index in [9.17, 15) is 4.79 Å². The molecule has 7 heteroatoms. The van der Waals surface area contributed by atoms with Crippen LogP contribution in [-0.4, -0.2) is 24.9 Å².